The van der Waals surface area contributed by atoms with Gasteiger partial charge in [0.2, 0.25) is 5.88 Å². The van der Waals surface area contributed by atoms with Gasteiger partial charge in [-0.05, 0) is 68.8 Å². The second-order valence-corrected chi connectivity index (χ2v) is 8.86. The van der Waals surface area contributed by atoms with Gasteiger partial charge in [-0.3, -0.25) is 9.29 Å². The molecular formula is C23H23N5O4S. The highest BCUT2D eigenvalue weighted by atomic mass is 32.2. The number of anilines is 1. The summed E-state index contributed by atoms with van der Waals surface area (Å²) in [6.07, 6.45) is 5.07. The van der Waals surface area contributed by atoms with Gasteiger partial charge in [-0.2, -0.15) is 4.98 Å². The molecule has 0 saturated heterocycles. The first kappa shape index (κ1) is 22.3. The highest BCUT2D eigenvalue weighted by molar-refractivity contribution is 7.92. The molecule has 0 fully saturated rings. The summed E-state index contributed by atoms with van der Waals surface area (Å²) in [6.45, 7) is 5.97. The summed E-state index contributed by atoms with van der Waals surface area (Å²) >= 11 is 0. The smallest absolute Gasteiger partial charge is 0.261 e. The summed E-state index contributed by atoms with van der Waals surface area (Å²) in [5, 5.41) is 0. The zero-order chi connectivity index (χ0) is 23.4. The summed E-state index contributed by atoms with van der Waals surface area (Å²) in [5.74, 6) is 2.71. The van der Waals surface area contributed by atoms with E-state index < -0.39 is 10.0 Å². The van der Waals surface area contributed by atoms with E-state index in [0.717, 1.165) is 5.56 Å². The molecule has 2 aromatic heterocycles. The van der Waals surface area contributed by atoms with Crippen LogP contribution in [0.5, 0.6) is 17.4 Å². The molecule has 0 aliphatic rings. The Morgan fingerprint density at radius 3 is 2.48 bits per heavy atom. The Morgan fingerprint density at radius 1 is 1.03 bits per heavy atom. The van der Waals surface area contributed by atoms with Gasteiger partial charge in [0.05, 0.1) is 11.5 Å². The number of rotatable bonds is 8. The molecular weight excluding hydrogens is 442 g/mol. The minimum absolute atomic E-state index is 0.160. The quantitative estimate of drug-likeness (QED) is 0.414. The Balaban J connectivity index is 1.48. The Bertz CT molecular complexity index is 1350. The van der Waals surface area contributed by atoms with E-state index in [9.17, 15) is 8.42 Å². The number of aryl methyl sites for hydroxylation is 2. The van der Waals surface area contributed by atoms with Crippen molar-refractivity contribution in [3.05, 3.63) is 78.6 Å². The molecule has 170 valence electrons. The molecule has 0 aliphatic carbocycles. The van der Waals surface area contributed by atoms with Crippen molar-refractivity contribution >= 4 is 15.7 Å². The van der Waals surface area contributed by atoms with Gasteiger partial charge in [0.1, 0.15) is 29.5 Å². The van der Waals surface area contributed by atoms with Gasteiger partial charge in [0.15, 0.2) is 0 Å². The van der Waals surface area contributed by atoms with E-state index >= 15 is 0 Å². The average Bonchev–Trinajstić information content (AvgIpc) is 3.31. The third-order valence-electron chi connectivity index (χ3n) is 4.66. The van der Waals surface area contributed by atoms with Crippen LogP contribution in [0.25, 0.3) is 5.82 Å². The van der Waals surface area contributed by atoms with E-state index in [0.29, 0.717) is 41.3 Å². The summed E-state index contributed by atoms with van der Waals surface area (Å²) in [4.78, 5) is 12.8. The lowest BCUT2D eigenvalue weighted by Gasteiger charge is -2.12. The third-order valence-corrected chi connectivity index (χ3v) is 6.03. The Morgan fingerprint density at radius 2 is 1.82 bits per heavy atom. The molecule has 33 heavy (non-hydrogen) atoms. The largest absolute Gasteiger partial charge is 0.494 e. The fourth-order valence-electron chi connectivity index (χ4n) is 3.14. The lowest BCUT2D eigenvalue weighted by molar-refractivity contribution is 0.337. The van der Waals surface area contributed by atoms with Crippen LogP contribution in [0.3, 0.4) is 0 Å². The van der Waals surface area contributed by atoms with Gasteiger partial charge in [0.25, 0.3) is 10.0 Å². The Hall–Kier alpha value is -3.92. The first-order chi connectivity index (χ1) is 15.8. The maximum Gasteiger partial charge on any atom is 0.261 e. The van der Waals surface area contributed by atoms with E-state index in [-0.39, 0.29) is 4.90 Å². The van der Waals surface area contributed by atoms with Crippen LogP contribution in [0.1, 0.15) is 18.3 Å². The van der Waals surface area contributed by atoms with Crippen molar-refractivity contribution in [2.24, 2.45) is 0 Å². The average molecular weight is 466 g/mol. The topological polar surface area (TPSA) is 108 Å². The molecule has 0 unspecified atom stereocenters. The fourth-order valence-corrected chi connectivity index (χ4v) is 4.28. The first-order valence-electron chi connectivity index (χ1n) is 10.2. The van der Waals surface area contributed by atoms with Crippen LogP contribution < -0.4 is 14.2 Å². The number of imidazole rings is 1. The minimum Gasteiger partial charge on any atom is -0.494 e. The maximum atomic E-state index is 12.8. The molecule has 4 rings (SSSR count). The van der Waals surface area contributed by atoms with E-state index in [1.165, 1.54) is 6.07 Å². The van der Waals surface area contributed by atoms with Crippen molar-refractivity contribution in [1.29, 1.82) is 0 Å². The number of benzene rings is 2. The van der Waals surface area contributed by atoms with Crippen molar-refractivity contribution in [3.63, 3.8) is 0 Å². The van der Waals surface area contributed by atoms with E-state index in [4.69, 9.17) is 9.47 Å². The van der Waals surface area contributed by atoms with Gasteiger partial charge in [-0.15, -0.1) is 0 Å². The summed E-state index contributed by atoms with van der Waals surface area (Å²) in [7, 11) is -3.75. The molecule has 0 spiro atoms. The van der Waals surface area contributed by atoms with Crippen LogP contribution in [0.4, 0.5) is 5.69 Å². The van der Waals surface area contributed by atoms with Gasteiger partial charge in [0, 0.05) is 24.1 Å². The molecule has 0 bridgehead atoms. The van der Waals surface area contributed by atoms with E-state index in [1.54, 1.807) is 72.7 Å². The molecule has 2 aromatic carbocycles. The summed E-state index contributed by atoms with van der Waals surface area (Å²) in [5.41, 5.74) is 1.16. The van der Waals surface area contributed by atoms with Crippen LogP contribution in [-0.2, 0) is 10.0 Å². The van der Waals surface area contributed by atoms with Crippen molar-refractivity contribution < 1.29 is 17.9 Å². The number of aromatic nitrogens is 4. The molecule has 0 atom stereocenters. The van der Waals surface area contributed by atoms with Crippen LogP contribution in [0, 0.1) is 13.8 Å². The van der Waals surface area contributed by atoms with Crippen LogP contribution in [0.2, 0.25) is 0 Å². The monoisotopic (exact) mass is 465 g/mol. The van der Waals surface area contributed by atoms with Crippen molar-refractivity contribution in [3.8, 4) is 23.2 Å². The molecule has 0 amide bonds. The maximum absolute atomic E-state index is 12.8. The van der Waals surface area contributed by atoms with Crippen LogP contribution in [0.15, 0.2) is 72.1 Å². The summed E-state index contributed by atoms with van der Waals surface area (Å²) in [6, 6.07) is 13.0. The predicted molar refractivity (Wildman–Crippen MR) is 124 cm³/mol. The normalized spacial score (nSPS) is 11.2. The lowest BCUT2D eigenvalue weighted by atomic mass is 10.2. The van der Waals surface area contributed by atoms with Crippen molar-refractivity contribution in [1.82, 2.24) is 19.5 Å². The second kappa shape index (κ2) is 9.29. The second-order valence-electron chi connectivity index (χ2n) is 7.17. The molecule has 0 radical (unpaired) electrons. The SMILES string of the molecule is CCOc1ccc(S(=O)(=O)Nc2ccc(Oc3cc(-n4ccnc4)nc(C)n3)cc2)cc1C. The number of sulfonamides is 1. The molecule has 0 aliphatic heterocycles. The van der Waals surface area contributed by atoms with E-state index in [2.05, 4.69) is 19.7 Å². The number of hydrogen-bond acceptors (Lipinski definition) is 7. The molecule has 0 saturated carbocycles. The molecule has 9 nitrogen and oxygen atoms in total. The van der Waals surface area contributed by atoms with Crippen molar-refractivity contribution in [2.75, 3.05) is 11.3 Å². The number of nitrogens with one attached hydrogen (secondary N) is 1. The van der Waals surface area contributed by atoms with Gasteiger partial charge >= 0.3 is 0 Å². The van der Waals surface area contributed by atoms with Gasteiger partial charge < -0.3 is 9.47 Å². The van der Waals surface area contributed by atoms with Gasteiger partial charge in [-0.25, -0.2) is 18.4 Å². The Kier molecular flexibility index (Phi) is 6.27. The lowest BCUT2D eigenvalue weighted by Crippen LogP contribution is -2.13. The van der Waals surface area contributed by atoms with E-state index in [1.807, 2.05) is 13.8 Å². The van der Waals surface area contributed by atoms with Gasteiger partial charge in [-0.1, -0.05) is 0 Å². The predicted octanol–water partition coefficient (Wildman–Crippen LogP) is 4.27. The number of hydrogen-bond donors (Lipinski definition) is 1. The fraction of sp³-hybridized carbons (Fsp3) is 0.174. The van der Waals surface area contributed by atoms with Crippen LogP contribution in [-0.4, -0.2) is 34.5 Å². The Labute approximate surface area is 192 Å². The molecule has 4 aromatic rings. The van der Waals surface area contributed by atoms with Crippen molar-refractivity contribution in [2.45, 2.75) is 25.7 Å². The molecule has 10 heteroatoms. The summed E-state index contributed by atoms with van der Waals surface area (Å²) < 4.78 is 41.2. The zero-order valence-electron chi connectivity index (χ0n) is 18.4. The molecule has 2 heterocycles. The molecule has 1 N–H and O–H groups in total. The number of ether oxygens (including phenoxy) is 2. The minimum atomic E-state index is -3.75. The number of nitrogens with zero attached hydrogens (tertiary/aromatic N) is 4. The third kappa shape index (κ3) is 5.29. The highest BCUT2D eigenvalue weighted by Gasteiger charge is 2.16. The highest BCUT2D eigenvalue weighted by Crippen LogP contribution is 2.26. The van der Waals surface area contributed by atoms with Crippen LogP contribution >= 0.6 is 0 Å². The first-order valence-corrected chi connectivity index (χ1v) is 11.7. The standard InChI is InChI=1S/C23H23N5O4S/c1-4-31-21-10-9-20(13-16(21)2)33(29,30)27-18-5-7-19(8-6-18)32-23-14-22(25-17(3)26-23)28-12-11-24-15-28/h5-15,27H,4H2,1-3H3. The zero-order valence-corrected chi connectivity index (χ0v) is 19.2.